The van der Waals surface area contributed by atoms with E-state index in [1.54, 1.807) is 0 Å². The van der Waals surface area contributed by atoms with E-state index in [1.807, 2.05) is 0 Å². The Labute approximate surface area is 53.1 Å². The topological polar surface area (TPSA) is 0 Å². The first-order valence-electron chi connectivity index (χ1n) is 2.26. The molecule has 0 saturated heterocycles. The Hall–Kier alpha value is 0.320. The molecule has 7 heavy (non-hydrogen) atoms. The van der Waals surface area contributed by atoms with Crippen LogP contribution in [0.3, 0.4) is 0 Å². The minimum atomic E-state index is 0.479. The smallest absolute Gasteiger partial charge is 0.0709 e. The third kappa shape index (κ3) is 1.11. The zero-order valence-electron chi connectivity index (χ0n) is 4.04. The summed E-state index contributed by atoms with van der Waals surface area (Å²) >= 11 is 10.8. The average molecular weight is 137 g/mol. The van der Waals surface area contributed by atoms with Crippen molar-refractivity contribution in [3.8, 4) is 0 Å². The third-order valence-corrected chi connectivity index (χ3v) is 1.69. The maximum Gasteiger partial charge on any atom is 0.106 e. The maximum absolute atomic E-state index is 5.42. The van der Waals surface area contributed by atoms with Gasteiger partial charge in [0.15, 0.2) is 0 Å². The molecule has 2 heteroatoms. The highest BCUT2D eigenvalue weighted by molar-refractivity contribution is 6.56. The molecule has 0 N–H and O–H groups in total. The lowest BCUT2D eigenvalue weighted by Crippen LogP contribution is -1.54. The summed E-state index contributed by atoms with van der Waals surface area (Å²) in [4.78, 5) is 0. The number of rotatable bonds is 0. The Morgan fingerprint density at radius 1 is 1.71 bits per heavy atom. The van der Waals surface area contributed by atoms with Crippen molar-refractivity contribution in [2.24, 2.45) is 5.92 Å². The normalized spacial score (nSPS) is 27.9. The van der Waals surface area contributed by atoms with Crippen molar-refractivity contribution in [3.63, 3.8) is 0 Å². The Kier molecular flexibility index (Phi) is 1.31. The van der Waals surface area contributed by atoms with Crippen LogP contribution in [0.25, 0.3) is 0 Å². The molecule has 0 nitrogen and oxygen atoms in total. The standard InChI is InChI=1S/C5H6Cl2/c1-3-2-4(3)5(6)7/h3H,2H2,1H3. The van der Waals surface area contributed by atoms with Gasteiger partial charge in [-0.3, -0.25) is 0 Å². The van der Waals surface area contributed by atoms with Gasteiger partial charge in [-0.1, -0.05) is 30.1 Å². The van der Waals surface area contributed by atoms with Crippen LogP contribution in [0.4, 0.5) is 0 Å². The Morgan fingerprint density at radius 3 is 2.14 bits per heavy atom. The first kappa shape index (κ1) is 5.46. The van der Waals surface area contributed by atoms with Crippen LogP contribution >= 0.6 is 23.2 Å². The quantitative estimate of drug-likeness (QED) is 0.481. The fourth-order valence-electron chi connectivity index (χ4n) is 0.534. The summed E-state index contributed by atoms with van der Waals surface area (Å²) in [6.45, 7) is 2.11. The highest BCUT2D eigenvalue weighted by Gasteiger charge is 2.26. The van der Waals surface area contributed by atoms with Crippen molar-refractivity contribution in [2.75, 3.05) is 0 Å². The molecule has 0 amide bonds. The minimum absolute atomic E-state index is 0.479. The molecule has 1 rings (SSSR count). The molecule has 0 spiro atoms. The fraction of sp³-hybridized carbons (Fsp3) is 0.600. The van der Waals surface area contributed by atoms with Crippen molar-refractivity contribution >= 4 is 23.2 Å². The van der Waals surface area contributed by atoms with E-state index >= 15 is 0 Å². The van der Waals surface area contributed by atoms with E-state index in [-0.39, 0.29) is 0 Å². The summed E-state index contributed by atoms with van der Waals surface area (Å²) in [5, 5.41) is 0. The van der Waals surface area contributed by atoms with Gasteiger partial charge in [-0.15, -0.1) is 0 Å². The molecule has 0 heterocycles. The van der Waals surface area contributed by atoms with Crippen LogP contribution in [0.2, 0.25) is 0 Å². The molecule has 1 aliphatic rings. The summed E-state index contributed by atoms with van der Waals surface area (Å²) in [5.74, 6) is 0.657. The first-order valence-corrected chi connectivity index (χ1v) is 3.01. The molecule has 1 atom stereocenters. The van der Waals surface area contributed by atoms with E-state index in [0.717, 1.165) is 6.42 Å². The van der Waals surface area contributed by atoms with Crippen molar-refractivity contribution in [3.05, 3.63) is 10.1 Å². The van der Waals surface area contributed by atoms with Gasteiger partial charge in [-0.05, 0) is 17.9 Å². The second-order valence-corrected chi connectivity index (χ2v) is 2.84. The lowest BCUT2D eigenvalue weighted by Gasteiger charge is -1.73. The molecule has 0 aromatic heterocycles. The molecule has 0 aromatic carbocycles. The van der Waals surface area contributed by atoms with Crippen LogP contribution in [-0.2, 0) is 0 Å². The van der Waals surface area contributed by atoms with Gasteiger partial charge >= 0.3 is 0 Å². The number of hydrogen-bond donors (Lipinski definition) is 0. The van der Waals surface area contributed by atoms with Crippen LogP contribution in [0.1, 0.15) is 13.3 Å². The third-order valence-electron chi connectivity index (χ3n) is 1.20. The van der Waals surface area contributed by atoms with E-state index in [9.17, 15) is 0 Å². The van der Waals surface area contributed by atoms with Crippen molar-refractivity contribution in [1.82, 2.24) is 0 Å². The molecule has 0 aliphatic heterocycles. The highest BCUT2D eigenvalue weighted by atomic mass is 35.5. The Bertz CT molecular complexity index is 111. The van der Waals surface area contributed by atoms with Crippen LogP contribution < -0.4 is 0 Å². The second-order valence-electron chi connectivity index (χ2n) is 1.89. The van der Waals surface area contributed by atoms with Gasteiger partial charge in [0.05, 0.1) is 0 Å². The van der Waals surface area contributed by atoms with E-state index in [1.165, 1.54) is 5.57 Å². The lowest BCUT2D eigenvalue weighted by molar-refractivity contribution is 1.02. The van der Waals surface area contributed by atoms with Crippen LogP contribution in [0, 0.1) is 5.92 Å². The van der Waals surface area contributed by atoms with Gasteiger partial charge < -0.3 is 0 Å². The van der Waals surface area contributed by atoms with E-state index in [2.05, 4.69) is 6.92 Å². The zero-order valence-corrected chi connectivity index (χ0v) is 5.55. The van der Waals surface area contributed by atoms with Crippen molar-refractivity contribution < 1.29 is 0 Å². The minimum Gasteiger partial charge on any atom is -0.0709 e. The fourth-order valence-corrected chi connectivity index (χ4v) is 1.06. The Morgan fingerprint density at radius 2 is 2.14 bits per heavy atom. The molecule has 1 aliphatic carbocycles. The molecule has 40 valence electrons. The Balaban J connectivity index is 2.60. The first-order chi connectivity index (χ1) is 3.22. The predicted molar refractivity (Wildman–Crippen MR) is 32.5 cm³/mol. The van der Waals surface area contributed by atoms with Crippen molar-refractivity contribution in [1.29, 1.82) is 0 Å². The van der Waals surface area contributed by atoms with Gasteiger partial charge in [-0.25, -0.2) is 0 Å². The molecular weight excluding hydrogens is 131 g/mol. The predicted octanol–water partition coefficient (Wildman–Crippen LogP) is 2.72. The van der Waals surface area contributed by atoms with Crippen LogP contribution in [0.5, 0.6) is 0 Å². The summed E-state index contributed by atoms with van der Waals surface area (Å²) in [6, 6.07) is 0. The molecule has 1 fully saturated rings. The lowest BCUT2D eigenvalue weighted by atomic mass is 10.5. The average Bonchev–Trinajstić information content (AvgIpc) is 2.17. The molecule has 0 aromatic rings. The van der Waals surface area contributed by atoms with E-state index in [0.29, 0.717) is 10.4 Å². The molecular formula is C5H6Cl2. The SMILES string of the molecule is CC1CC1=C(Cl)Cl. The van der Waals surface area contributed by atoms with Crippen molar-refractivity contribution in [2.45, 2.75) is 13.3 Å². The number of hydrogen-bond acceptors (Lipinski definition) is 0. The van der Waals surface area contributed by atoms with Gasteiger partial charge in [0.25, 0.3) is 0 Å². The number of halogens is 2. The summed E-state index contributed by atoms with van der Waals surface area (Å²) in [7, 11) is 0. The zero-order chi connectivity index (χ0) is 5.44. The van der Waals surface area contributed by atoms with Crippen LogP contribution in [0.15, 0.2) is 10.1 Å². The largest absolute Gasteiger partial charge is 0.106 e. The van der Waals surface area contributed by atoms with Gasteiger partial charge in [0, 0.05) is 0 Å². The molecule has 1 saturated carbocycles. The summed E-state index contributed by atoms with van der Waals surface area (Å²) in [6.07, 6.45) is 1.10. The van der Waals surface area contributed by atoms with Gasteiger partial charge in [0.1, 0.15) is 4.49 Å². The summed E-state index contributed by atoms with van der Waals surface area (Å²) < 4.78 is 0.479. The molecule has 0 radical (unpaired) electrons. The maximum atomic E-state index is 5.42. The van der Waals surface area contributed by atoms with Gasteiger partial charge in [0.2, 0.25) is 0 Å². The van der Waals surface area contributed by atoms with Gasteiger partial charge in [-0.2, -0.15) is 0 Å². The van der Waals surface area contributed by atoms with Crippen LogP contribution in [-0.4, -0.2) is 0 Å². The monoisotopic (exact) mass is 136 g/mol. The number of allylic oxidation sites excluding steroid dienone is 1. The molecule has 1 unspecified atom stereocenters. The second kappa shape index (κ2) is 1.68. The summed E-state index contributed by atoms with van der Waals surface area (Å²) in [5.41, 5.74) is 1.21. The van der Waals surface area contributed by atoms with E-state index < -0.39 is 0 Å². The highest BCUT2D eigenvalue weighted by Crippen LogP contribution is 2.41. The van der Waals surface area contributed by atoms with E-state index in [4.69, 9.17) is 23.2 Å². The molecule has 0 bridgehead atoms.